The van der Waals surface area contributed by atoms with E-state index in [0.717, 1.165) is 5.69 Å². The summed E-state index contributed by atoms with van der Waals surface area (Å²) in [4.78, 5) is 0. The van der Waals surface area contributed by atoms with Gasteiger partial charge in [0, 0.05) is 0 Å². The summed E-state index contributed by atoms with van der Waals surface area (Å²) in [5, 5.41) is 16.4. The lowest BCUT2D eigenvalue weighted by Crippen LogP contribution is -2.27. The van der Waals surface area contributed by atoms with Gasteiger partial charge in [0.25, 0.3) is 0 Å². The summed E-state index contributed by atoms with van der Waals surface area (Å²) in [6.07, 6.45) is 3.38. The van der Waals surface area contributed by atoms with Crippen LogP contribution in [0.1, 0.15) is 6.92 Å². The third kappa shape index (κ3) is 2.76. The Bertz CT molecular complexity index is 479. The Morgan fingerprint density at radius 3 is 2.71 bits per heavy atom. The maximum atomic E-state index is 9.20. The molecule has 0 spiro atoms. The first-order valence-corrected chi connectivity index (χ1v) is 5.37. The van der Waals surface area contributed by atoms with Gasteiger partial charge in [-0.15, -0.1) is 0 Å². The smallest absolute Gasteiger partial charge is 0.160 e. The van der Waals surface area contributed by atoms with E-state index in [1.54, 1.807) is 41.3 Å². The second kappa shape index (κ2) is 4.88. The molecule has 1 heterocycles. The summed E-state index contributed by atoms with van der Waals surface area (Å²) in [6, 6.07) is 6.81. The number of phenols is 1. The Hall–Kier alpha value is -2.01. The van der Waals surface area contributed by atoms with Crippen LogP contribution in [-0.2, 0) is 0 Å². The van der Waals surface area contributed by atoms with Crippen molar-refractivity contribution in [2.45, 2.75) is 13.2 Å². The van der Waals surface area contributed by atoms with Gasteiger partial charge in [-0.05, 0) is 38.2 Å². The first kappa shape index (κ1) is 11.5. The third-order valence-electron chi connectivity index (χ3n) is 2.39. The zero-order chi connectivity index (χ0) is 12.3. The average Bonchev–Trinajstić information content (AvgIpc) is 2.78. The molecule has 0 saturated carbocycles. The molecule has 2 aromatic rings. The summed E-state index contributed by atoms with van der Waals surface area (Å²) in [5.41, 5.74) is 0.870. The summed E-state index contributed by atoms with van der Waals surface area (Å²) < 4.78 is 7.24. The normalized spacial score (nSPS) is 12.4. The summed E-state index contributed by atoms with van der Waals surface area (Å²) in [6.45, 7) is 1.91. The van der Waals surface area contributed by atoms with E-state index >= 15 is 0 Å². The number of aromatic hydroxyl groups is 1. The average molecular weight is 233 g/mol. The molecular weight excluding hydrogens is 218 g/mol. The van der Waals surface area contributed by atoms with E-state index in [9.17, 15) is 5.11 Å². The molecule has 1 aromatic heterocycles. The van der Waals surface area contributed by atoms with Crippen molar-refractivity contribution in [3.8, 4) is 17.2 Å². The SMILES string of the molecule is CNC(C)Oc1cnn(-c2ccc(O)cc2)c1. The van der Waals surface area contributed by atoms with Crippen LogP contribution in [0.2, 0.25) is 0 Å². The molecule has 0 amide bonds. The van der Waals surface area contributed by atoms with Crippen LogP contribution in [0.5, 0.6) is 11.5 Å². The van der Waals surface area contributed by atoms with Gasteiger partial charge in [-0.3, -0.25) is 5.32 Å². The zero-order valence-corrected chi connectivity index (χ0v) is 9.79. The predicted molar refractivity (Wildman–Crippen MR) is 64.4 cm³/mol. The van der Waals surface area contributed by atoms with E-state index in [4.69, 9.17) is 4.74 Å². The van der Waals surface area contributed by atoms with Crippen molar-refractivity contribution in [2.24, 2.45) is 0 Å². The molecule has 1 unspecified atom stereocenters. The van der Waals surface area contributed by atoms with Crippen LogP contribution in [0.3, 0.4) is 0 Å². The molecule has 17 heavy (non-hydrogen) atoms. The van der Waals surface area contributed by atoms with E-state index < -0.39 is 0 Å². The number of ether oxygens (including phenoxy) is 1. The first-order chi connectivity index (χ1) is 8.19. The van der Waals surface area contributed by atoms with Gasteiger partial charge in [-0.25, -0.2) is 4.68 Å². The van der Waals surface area contributed by atoms with Gasteiger partial charge in [0.1, 0.15) is 12.0 Å². The lowest BCUT2D eigenvalue weighted by atomic mass is 10.3. The first-order valence-electron chi connectivity index (χ1n) is 5.37. The van der Waals surface area contributed by atoms with Gasteiger partial charge in [0.15, 0.2) is 5.75 Å². The van der Waals surface area contributed by atoms with Crippen LogP contribution in [0, 0.1) is 0 Å². The van der Waals surface area contributed by atoms with Crippen molar-refractivity contribution in [3.63, 3.8) is 0 Å². The minimum absolute atomic E-state index is 0.0625. The fourth-order valence-corrected chi connectivity index (χ4v) is 1.38. The van der Waals surface area contributed by atoms with Gasteiger partial charge in [0.05, 0.1) is 18.1 Å². The number of phenolic OH excluding ortho intramolecular Hbond substituents is 1. The lowest BCUT2D eigenvalue weighted by Gasteiger charge is -2.10. The molecule has 0 bridgehead atoms. The Labute approximate surface area is 99.6 Å². The Morgan fingerprint density at radius 1 is 1.35 bits per heavy atom. The van der Waals surface area contributed by atoms with E-state index in [-0.39, 0.29) is 12.0 Å². The number of hydrogen-bond donors (Lipinski definition) is 2. The molecule has 0 aliphatic rings. The molecule has 90 valence electrons. The van der Waals surface area contributed by atoms with Gasteiger partial charge in [-0.1, -0.05) is 0 Å². The van der Waals surface area contributed by atoms with Gasteiger partial charge >= 0.3 is 0 Å². The van der Waals surface area contributed by atoms with Crippen LogP contribution < -0.4 is 10.1 Å². The monoisotopic (exact) mass is 233 g/mol. The topological polar surface area (TPSA) is 59.3 Å². The van der Waals surface area contributed by atoms with Crippen molar-refractivity contribution in [3.05, 3.63) is 36.7 Å². The summed E-state index contributed by atoms with van der Waals surface area (Å²) in [5.74, 6) is 0.932. The second-order valence-electron chi connectivity index (χ2n) is 3.69. The minimum atomic E-state index is -0.0625. The van der Waals surface area contributed by atoms with Crippen molar-refractivity contribution in [1.29, 1.82) is 0 Å². The van der Waals surface area contributed by atoms with Crippen LogP contribution >= 0.6 is 0 Å². The Balaban J connectivity index is 2.15. The predicted octanol–water partition coefficient (Wildman–Crippen LogP) is 1.52. The number of benzene rings is 1. The Kier molecular flexibility index (Phi) is 3.30. The molecule has 0 saturated heterocycles. The van der Waals surface area contributed by atoms with E-state index in [1.807, 2.05) is 14.0 Å². The molecule has 2 N–H and O–H groups in total. The standard InChI is InChI=1S/C12H15N3O2/c1-9(13-2)17-12-7-14-15(8-12)10-3-5-11(16)6-4-10/h3-9,13,16H,1-2H3. The van der Waals surface area contributed by atoms with Crippen molar-refractivity contribution >= 4 is 0 Å². The maximum Gasteiger partial charge on any atom is 0.160 e. The number of nitrogens with zero attached hydrogens (tertiary/aromatic N) is 2. The minimum Gasteiger partial charge on any atom is -0.508 e. The Morgan fingerprint density at radius 2 is 2.06 bits per heavy atom. The van der Waals surface area contributed by atoms with Gasteiger partial charge in [-0.2, -0.15) is 5.10 Å². The van der Waals surface area contributed by atoms with Crippen LogP contribution in [0.4, 0.5) is 0 Å². The number of hydrogen-bond acceptors (Lipinski definition) is 4. The van der Waals surface area contributed by atoms with E-state index in [0.29, 0.717) is 5.75 Å². The highest BCUT2D eigenvalue weighted by Gasteiger charge is 2.04. The molecule has 0 aliphatic heterocycles. The van der Waals surface area contributed by atoms with Crippen LogP contribution in [0.25, 0.3) is 5.69 Å². The number of rotatable bonds is 4. The van der Waals surface area contributed by atoms with Gasteiger partial charge < -0.3 is 9.84 Å². The molecule has 0 aliphatic carbocycles. The van der Waals surface area contributed by atoms with Crippen molar-refractivity contribution < 1.29 is 9.84 Å². The highest BCUT2D eigenvalue weighted by atomic mass is 16.5. The van der Waals surface area contributed by atoms with Crippen molar-refractivity contribution in [2.75, 3.05) is 7.05 Å². The molecule has 2 rings (SSSR count). The molecule has 0 radical (unpaired) electrons. The number of nitrogens with one attached hydrogen (secondary N) is 1. The molecule has 5 heteroatoms. The molecule has 1 aromatic carbocycles. The quantitative estimate of drug-likeness (QED) is 0.786. The maximum absolute atomic E-state index is 9.20. The fraction of sp³-hybridized carbons (Fsp3) is 0.250. The summed E-state index contributed by atoms with van der Waals surface area (Å²) >= 11 is 0. The zero-order valence-electron chi connectivity index (χ0n) is 9.79. The lowest BCUT2D eigenvalue weighted by molar-refractivity contribution is 0.193. The molecule has 0 fully saturated rings. The summed E-state index contributed by atoms with van der Waals surface area (Å²) in [7, 11) is 1.83. The second-order valence-corrected chi connectivity index (χ2v) is 3.69. The highest BCUT2D eigenvalue weighted by molar-refractivity contribution is 5.37. The molecule has 5 nitrogen and oxygen atoms in total. The number of aromatic nitrogens is 2. The van der Waals surface area contributed by atoms with E-state index in [2.05, 4.69) is 10.4 Å². The largest absolute Gasteiger partial charge is 0.508 e. The third-order valence-corrected chi connectivity index (χ3v) is 2.39. The van der Waals surface area contributed by atoms with Gasteiger partial charge in [0.2, 0.25) is 0 Å². The van der Waals surface area contributed by atoms with Crippen LogP contribution in [-0.4, -0.2) is 28.2 Å². The van der Waals surface area contributed by atoms with Crippen LogP contribution in [0.15, 0.2) is 36.7 Å². The van der Waals surface area contributed by atoms with Crippen molar-refractivity contribution in [1.82, 2.24) is 15.1 Å². The fourth-order valence-electron chi connectivity index (χ4n) is 1.38. The van der Waals surface area contributed by atoms with E-state index in [1.165, 1.54) is 0 Å². The highest BCUT2D eigenvalue weighted by Crippen LogP contribution is 2.16. The molecular formula is C12H15N3O2. The molecule has 1 atom stereocenters.